The van der Waals surface area contributed by atoms with Gasteiger partial charge in [0.1, 0.15) is 17.3 Å². The van der Waals surface area contributed by atoms with Crippen molar-refractivity contribution in [3.63, 3.8) is 0 Å². The maximum atomic E-state index is 13.9. The van der Waals surface area contributed by atoms with Crippen molar-refractivity contribution in [2.45, 2.75) is 19.6 Å². The number of fused-ring (bicyclic) bond motifs is 1. The molecule has 0 saturated carbocycles. The first-order valence-electron chi connectivity index (χ1n) is 10.9. The van der Waals surface area contributed by atoms with Crippen molar-refractivity contribution in [2.24, 2.45) is 5.73 Å². The van der Waals surface area contributed by atoms with E-state index >= 15 is 0 Å². The van der Waals surface area contributed by atoms with Crippen LogP contribution in [0, 0.1) is 24.1 Å². The highest BCUT2D eigenvalue weighted by atomic mass is 19.4. The van der Waals surface area contributed by atoms with Crippen LogP contribution in [0.2, 0.25) is 0 Å². The predicted octanol–water partition coefficient (Wildman–Crippen LogP) is 4.18. The van der Waals surface area contributed by atoms with Crippen LogP contribution in [0.15, 0.2) is 42.5 Å². The van der Waals surface area contributed by atoms with Crippen molar-refractivity contribution in [1.29, 1.82) is 5.26 Å². The molecule has 0 bridgehead atoms. The first-order chi connectivity index (χ1) is 17.9. The molecule has 0 unspecified atom stereocenters. The van der Waals surface area contributed by atoms with E-state index in [1.165, 1.54) is 38.3 Å². The number of benzene rings is 2. The first-order valence-corrected chi connectivity index (χ1v) is 10.9. The van der Waals surface area contributed by atoms with Crippen LogP contribution in [0.4, 0.5) is 23.2 Å². The maximum absolute atomic E-state index is 13.9. The normalized spacial score (nSPS) is 11.3. The molecule has 2 amide bonds. The Bertz CT molecular complexity index is 1640. The van der Waals surface area contributed by atoms with E-state index in [9.17, 15) is 27.2 Å². The first kappa shape index (κ1) is 26.1. The SMILES string of the molecule is COc1cc(C#N)ccc1Cn1nc(C(F)(F)F)c(NC(=O)c2cc(C(N)=O)c3ccc(F)cc3n2)c1C. The summed E-state index contributed by atoms with van der Waals surface area (Å²) in [6.45, 7) is 1.16. The van der Waals surface area contributed by atoms with Crippen molar-refractivity contribution < 1.29 is 31.9 Å². The van der Waals surface area contributed by atoms with Crippen LogP contribution >= 0.6 is 0 Å². The molecular formula is C25H18F4N6O3. The topological polar surface area (TPSA) is 136 Å². The summed E-state index contributed by atoms with van der Waals surface area (Å²) >= 11 is 0. The van der Waals surface area contributed by atoms with Crippen LogP contribution in [0.1, 0.15) is 43.4 Å². The molecule has 0 spiro atoms. The monoisotopic (exact) mass is 526 g/mol. The summed E-state index contributed by atoms with van der Waals surface area (Å²) in [5.74, 6) is -2.46. The molecule has 38 heavy (non-hydrogen) atoms. The van der Waals surface area contributed by atoms with Crippen molar-refractivity contribution in [1.82, 2.24) is 14.8 Å². The Labute approximate surface area is 212 Å². The average molecular weight is 526 g/mol. The van der Waals surface area contributed by atoms with Crippen LogP contribution in [0.25, 0.3) is 10.9 Å². The van der Waals surface area contributed by atoms with E-state index in [1.807, 2.05) is 6.07 Å². The Kier molecular flexibility index (Phi) is 6.74. The predicted molar refractivity (Wildman–Crippen MR) is 127 cm³/mol. The number of halogens is 4. The van der Waals surface area contributed by atoms with Gasteiger partial charge in [-0.25, -0.2) is 9.37 Å². The quantitative estimate of drug-likeness (QED) is 0.362. The largest absolute Gasteiger partial charge is 0.496 e. The number of hydrogen-bond acceptors (Lipinski definition) is 6. The highest BCUT2D eigenvalue weighted by molar-refractivity contribution is 6.10. The van der Waals surface area contributed by atoms with E-state index in [-0.39, 0.29) is 34.5 Å². The number of primary amides is 1. The minimum absolute atomic E-state index is 0.0425. The van der Waals surface area contributed by atoms with Crippen LogP contribution in [-0.4, -0.2) is 33.7 Å². The van der Waals surface area contributed by atoms with E-state index in [2.05, 4.69) is 15.4 Å². The molecule has 9 nitrogen and oxygen atoms in total. The lowest BCUT2D eigenvalue weighted by Crippen LogP contribution is -2.19. The summed E-state index contributed by atoms with van der Waals surface area (Å²) in [5, 5.41) is 15.1. The number of aromatic nitrogens is 3. The van der Waals surface area contributed by atoms with E-state index in [0.29, 0.717) is 11.1 Å². The number of hydrogen-bond donors (Lipinski definition) is 2. The molecule has 0 aliphatic carbocycles. The molecule has 0 aliphatic heterocycles. The zero-order valence-corrected chi connectivity index (χ0v) is 19.9. The minimum Gasteiger partial charge on any atom is -0.496 e. The molecule has 3 N–H and O–H groups in total. The molecular weight excluding hydrogens is 508 g/mol. The number of amides is 2. The Morgan fingerprint density at radius 2 is 1.92 bits per heavy atom. The molecule has 4 aromatic rings. The van der Waals surface area contributed by atoms with Gasteiger partial charge in [0.25, 0.3) is 5.91 Å². The fourth-order valence-corrected chi connectivity index (χ4v) is 3.85. The van der Waals surface area contributed by atoms with Crippen LogP contribution < -0.4 is 15.8 Å². The standard InChI is InChI=1S/C25H18F4N6O3/c1-12-21(33-24(37)19-9-17(23(31)36)16-6-5-15(26)8-18(16)32-19)22(25(27,28)29)34-35(12)11-14-4-3-13(10-30)7-20(14)38-2/h3-9H,11H2,1-2H3,(H2,31,36)(H,33,37). The molecule has 2 aromatic carbocycles. The zero-order valence-electron chi connectivity index (χ0n) is 19.9. The molecule has 13 heteroatoms. The number of nitrogens with zero attached hydrogens (tertiary/aromatic N) is 4. The highest BCUT2D eigenvalue weighted by Crippen LogP contribution is 2.37. The number of ether oxygens (including phenoxy) is 1. The van der Waals surface area contributed by atoms with Gasteiger partial charge in [-0.15, -0.1) is 0 Å². The molecule has 2 heterocycles. The lowest BCUT2D eigenvalue weighted by atomic mass is 10.1. The maximum Gasteiger partial charge on any atom is 0.437 e. The van der Waals surface area contributed by atoms with Crippen molar-refractivity contribution >= 4 is 28.4 Å². The van der Waals surface area contributed by atoms with Gasteiger partial charge in [0.05, 0.1) is 47.7 Å². The summed E-state index contributed by atoms with van der Waals surface area (Å²) in [4.78, 5) is 28.9. The number of rotatable bonds is 6. The average Bonchev–Trinajstić information content (AvgIpc) is 3.18. The number of nitriles is 1. The molecule has 4 rings (SSSR count). The fourth-order valence-electron chi connectivity index (χ4n) is 3.85. The Morgan fingerprint density at radius 1 is 1.18 bits per heavy atom. The van der Waals surface area contributed by atoms with Gasteiger partial charge in [-0.2, -0.15) is 23.5 Å². The molecule has 2 aromatic heterocycles. The number of carbonyl (C=O) groups is 2. The Morgan fingerprint density at radius 3 is 2.55 bits per heavy atom. The fraction of sp³-hybridized carbons (Fsp3) is 0.160. The minimum atomic E-state index is -4.94. The van der Waals surface area contributed by atoms with Crippen LogP contribution in [0.3, 0.4) is 0 Å². The van der Waals surface area contributed by atoms with Gasteiger partial charge in [-0.1, -0.05) is 6.07 Å². The molecule has 0 radical (unpaired) electrons. The van der Waals surface area contributed by atoms with Gasteiger partial charge >= 0.3 is 6.18 Å². The van der Waals surface area contributed by atoms with E-state index in [0.717, 1.165) is 22.9 Å². The summed E-state index contributed by atoms with van der Waals surface area (Å²) in [6.07, 6.45) is -4.94. The number of nitrogens with one attached hydrogen (secondary N) is 1. The summed E-state index contributed by atoms with van der Waals surface area (Å²) in [7, 11) is 1.35. The third-order valence-electron chi connectivity index (χ3n) is 5.72. The summed E-state index contributed by atoms with van der Waals surface area (Å²) < 4.78 is 61.7. The van der Waals surface area contributed by atoms with Crippen LogP contribution in [0.5, 0.6) is 5.75 Å². The van der Waals surface area contributed by atoms with Gasteiger partial charge in [0.2, 0.25) is 5.91 Å². The van der Waals surface area contributed by atoms with Crippen molar-refractivity contribution in [3.8, 4) is 11.8 Å². The van der Waals surface area contributed by atoms with Crippen LogP contribution in [-0.2, 0) is 12.7 Å². The van der Waals surface area contributed by atoms with Crippen molar-refractivity contribution in [2.75, 3.05) is 12.4 Å². The number of carbonyl (C=O) groups excluding carboxylic acids is 2. The number of anilines is 1. The Balaban J connectivity index is 1.76. The van der Waals surface area contributed by atoms with E-state index in [4.69, 9.17) is 15.7 Å². The van der Waals surface area contributed by atoms with E-state index in [1.54, 1.807) is 0 Å². The van der Waals surface area contributed by atoms with Gasteiger partial charge in [-0.05, 0) is 37.3 Å². The molecule has 0 fully saturated rings. The van der Waals surface area contributed by atoms with E-state index < -0.39 is 40.9 Å². The third-order valence-corrected chi connectivity index (χ3v) is 5.72. The Hall–Kier alpha value is -4.99. The van der Waals surface area contributed by atoms with Gasteiger partial charge in [0, 0.05) is 17.0 Å². The lowest BCUT2D eigenvalue weighted by molar-refractivity contribution is -0.140. The summed E-state index contributed by atoms with van der Waals surface area (Å²) in [5.41, 5.74) is 3.39. The number of pyridine rings is 1. The number of alkyl halides is 3. The van der Waals surface area contributed by atoms with Gasteiger partial charge in [-0.3, -0.25) is 14.3 Å². The smallest absolute Gasteiger partial charge is 0.437 e. The molecule has 0 atom stereocenters. The highest BCUT2D eigenvalue weighted by Gasteiger charge is 2.39. The zero-order chi connectivity index (χ0) is 27.8. The second-order valence-corrected chi connectivity index (χ2v) is 8.14. The lowest BCUT2D eigenvalue weighted by Gasteiger charge is -2.11. The van der Waals surface area contributed by atoms with Gasteiger partial charge in [0.15, 0.2) is 5.69 Å². The summed E-state index contributed by atoms with van der Waals surface area (Å²) in [6, 6.07) is 10.7. The number of nitrogens with two attached hydrogens (primary N) is 1. The molecule has 0 saturated heterocycles. The van der Waals surface area contributed by atoms with Gasteiger partial charge < -0.3 is 15.8 Å². The molecule has 0 aliphatic rings. The third kappa shape index (κ3) is 4.96. The second-order valence-electron chi connectivity index (χ2n) is 8.14. The number of methoxy groups -OCH3 is 1. The molecule has 194 valence electrons. The second kappa shape index (κ2) is 9.81. The van der Waals surface area contributed by atoms with Crippen molar-refractivity contribution in [3.05, 3.63) is 82.1 Å².